The predicted octanol–water partition coefficient (Wildman–Crippen LogP) is 1.74. The molecule has 1 fully saturated rings. The van der Waals surface area contributed by atoms with Crippen molar-refractivity contribution in [1.82, 2.24) is 0 Å². The third-order valence-electron chi connectivity index (χ3n) is 2.37. The first-order chi connectivity index (χ1) is 5.59. The molecule has 2 nitrogen and oxygen atoms in total. The van der Waals surface area contributed by atoms with Gasteiger partial charge in [-0.1, -0.05) is 0 Å². The molecular weight excluding hydrogens is 152 g/mol. The fraction of sp³-hybridized carbons (Fsp3) is 0.700. The zero-order valence-electron chi connectivity index (χ0n) is 7.59. The van der Waals surface area contributed by atoms with Crippen molar-refractivity contribution in [1.29, 1.82) is 0 Å². The SMILES string of the molecule is C#CCCCC1OC(=O)C1(C)C. The fourth-order valence-electron chi connectivity index (χ4n) is 1.31. The molecule has 1 saturated heterocycles. The first-order valence-electron chi connectivity index (χ1n) is 4.23. The molecule has 1 aliphatic heterocycles. The van der Waals surface area contributed by atoms with Gasteiger partial charge in [-0.2, -0.15) is 0 Å². The van der Waals surface area contributed by atoms with Gasteiger partial charge >= 0.3 is 5.97 Å². The minimum absolute atomic E-state index is 0.0818. The standard InChI is InChI=1S/C10H14O2/c1-4-5-6-7-8-10(2,3)9(11)12-8/h1,8H,5-7H2,2-3H3. The number of rotatable bonds is 3. The van der Waals surface area contributed by atoms with Crippen LogP contribution in [0.4, 0.5) is 0 Å². The third-order valence-corrected chi connectivity index (χ3v) is 2.37. The minimum Gasteiger partial charge on any atom is -0.461 e. The van der Waals surface area contributed by atoms with Crippen molar-refractivity contribution < 1.29 is 9.53 Å². The van der Waals surface area contributed by atoms with Crippen LogP contribution in [-0.2, 0) is 9.53 Å². The zero-order valence-corrected chi connectivity index (χ0v) is 7.59. The van der Waals surface area contributed by atoms with Crippen LogP contribution in [0.5, 0.6) is 0 Å². The fourth-order valence-corrected chi connectivity index (χ4v) is 1.31. The molecule has 66 valence electrons. The summed E-state index contributed by atoms with van der Waals surface area (Å²) >= 11 is 0. The molecule has 1 unspecified atom stereocenters. The van der Waals surface area contributed by atoms with Gasteiger partial charge in [-0.15, -0.1) is 12.3 Å². The molecule has 0 N–H and O–H groups in total. The first-order valence-corrected chi connectivity index (χ1v) is 4.23. The second-order valence-corrected chi connectivity index (χ2v) is 3.71. The largest absolute Gasteiger partial charge is 0.461 e. The Morgan fingerprint density at radius 1 is 1.67 bits per heavy atom. The quantitative estimate of drug-likeness (QED) is 0.362. The van der Waals surface area contributed by atoms with E-state index in [9.17, 15) is 4.79 Å². The molecule has 0 radical (unpaired) electrons. The summed E-state index contributed by atoms with van der Waals surface area (Å²) in [5, 5.41) is 0. The summed E-state index contributed by atoms with van der Waals surface area (Å²) in [5.41, 5.74) is -0.283. The van der Waals surface area contributed by atoms with E-state index in [-0.39, 0.29) is 17.5 Å². The molecule has 0 aromatic carbocycles. The van der Waals surface area contributed by atoms with Gasteiger partial charge in [-0.25, -0.2) is 0 Å². The van der Waals surface area contributed by atoms with Crippen LogP contribution < -0.4 is 0 Å². The van der Waals surface area contributed by atoms with Crippen molar-refractivity contribution in [3.8, 4) is 12.3 Å². The molecule has 0 aromatic heterocycles. The van der Waals surface area contributed by atoms with Gasteiger partial charge in [0.25, 0.3) is 0 Å². The van der Waals surface area contributed by atoms with E-state index in [2.05, 4.69) is 5.92 Å². The van der Waals surface area contributed by atoms with E-state index in [1.165, 1.54) is 0 Å². The molecule has 0 amide bonds. The lowest BCUT2D eigenvalue weighted by molar-refractivity contribution is -0.201. The molecule has 0 aliphatic carbocycles. The van der Waals surface area contributed by atoms with Crippen LogP contribution in [0, 0.1) is 17.8 Å². The second-order valence-electron chi connectivity index (χ2n) is 3.71. The van der Waals surface area contributed by atoms with Crippen LogP contribution in [0.15, 0.2) is 0 Å². The Morgan fingerprint density at radius 2 is 2.33 bits per heavy atom. The maximum Gasteiger partial charge on any atom is 0.315 e. The number of terminal acetylenes is 1. The second kappa shape index (κ2) is 3.18. The molecule has 1 heterocycles. The van der Waals surface area contributed by atoms with Crippen molar-refractivity contribution in [2.24, 2.45) is 5.41 Å². The Balaban J connectivity index is 2.29. The molecule has 0 bridgehead atoms. The maximum absolute atomic E-state index is 10.9. The van der Waals surface area contributed by atoms with Crippen LogP contribution in [0.1, 0.15) is 33.1 Å². The van der Waals surface area contributed by atoms with E-state index in [0.29, 0.717) is 0 Å². The van der Waals surface area contributed by atoms with Gasteiger partial charge in [0.05, 0.1) is 5.41 Å². The molecular formula is C10H14O2. The highest BCUT2D eigenvalue weighted by molar-refractivity contribution is 5.82. The van der Waals surface area contributed by atoms with Crippen molar-refractivity contribution in [2.45, 2.75) is 39.2 Å². The first kappa shape index (κ1) is 9.12. The van der Waals surface area contributed by atoms with E-state index in [4.69, 9.17) is 11.2 Å². The average Bonchev–Trinajstić information content (AvgIpc) is 2.04. The number of carbonyl (C=O) groups is 1. The number of unbranched alkanes of at least 4 members (excludes halogenated alkanes) is 1. The Kier molecular flexibility index (Phi) is 2.42. The van der Waals surface area contributed by atoms with Gasteiger partial charge in [0.15, 0.2) is 0 Å². The van der Waals surface area contributed by atoms with Gasteiger partial charge < -0.3 is 4.74 Å². The average molecular weight is 166 g/mol. The summed E-state index contributed by atoms with van der Waals surface area (Å²) in [5.74, 6) is 2.48. The Labute approximate surface area is 73.3 Å². The molecule has 1 aliphatic rings. The highest BCUT2D eigenvalue weighted by Gasteiger charge is 2.49. The number of esters is 1. The molecule has 0 saturated carbocycles. The third kappa shape index (κ3) is 1.45. The number of carbonyl (C=O) groups excluding carboxylic acids is 1. The van der Waals surface area contributed by atoms with Gasteiger partial charge in [-0.05, 0) is 26.7 Å². The summed E-state index contributed by atoms with van der Waals surface area (Å²) < 4.78 is 4.99. The van der Waals surface area contributed by atoms with Crippen molar-refractivity contribution >= 4 is 5.97 Å². The van der Waals surface area contributed by atoms with Crippen LogP contribution in [0.25, 0.3) is 0 Å². The van der Waals surface area contributed by atoms with E-state index in [0.717, 1.165) is 19.3 Å². The molecule has 0 spiro atoms. The summed E-state index contributed by atoms with van der Waals surface area (Å²) in [7, 11) is 0. The van der Waals surface area contributed by atoms with E-state index in [1.54, 1.807) is 0 Å². The zero-order chi connectivity index (χ0) is 9.19. The number of hydrogen-bond acceptors (Lipinski definition) is 2. The minimum atomic E-state index is -0.283. The lowest BCUT2D eigenvalue weighted by atomic mass is 9.79. The summed E-state index contributed by atoms with van der Waals surface area (Å²) in [6.07, 6.45) is 7.80. The Bertz CT molecular complexity index is 222. The molecule has 1 atom stereocenters. The lowest BCUT2D eigenvalue weighted by Crippen LogP contribution is -2.52. The summed E-state index contributed by atoms with van der Waals surface area (Å²) in [6.45, 7) is 3.83. The smallest absolute Gasteiger partial charge is 0.315 e. The van der Waals surface area contributed by atoms with Crippen LogP contribution in [-0.4, -0.2) is 12.1 Å². The molecule has 12 heavy (non-hydrogen) atoms. The van der Waals surface area contributed by atoms with Gasteiger partial charge in [0.1, 0.15) is 6.10 Å². The van der Waals surface area contributed by atoms with Gasteiger partial charge in [0, 0.05) is 6.42 Å². The topological polar surface area (TPSA) is 26.3 Å². The van der Waals surface area contributed by atoms with E-state index < -0.39 is 0 Å². The maximum atomic E-state index is 10.9. The van der Waals surface area contributed by atoms with Crippen molar-refractivity contribution in [3.63, 3.8) is 0 Å². The number of ether oxygens (including phenoxy) is 1. The predicted molar refractivity (Wildman–Crippen MR) is 46.3 cm³/mol. The molecule has 1 rings (SSSR count). The monoisotopic (exact) mass is 166 g/mol. The number of cyclic esters (lactones) is 1. The highest BCUT2D eigenvalue weighted by atomic mass is 16.6. The molecule has 2 heteroatoms. The molecule has 0 aromatic rings. The van der Waals surface area contributed by atoms with Gasteiger partial charge in [0.2, 0.25) is 0 Å². The summed E-state index contributed by atoms with van der Waals surface area (Å²) in [6, 6.07) is 0. The summed E-state index contributed by atoms with van der Waals surface area (Å²) in [4.78, 5) is 10.9. The van der Waals surface area contributed by atoms with Crippen molar-refractivity contribution in [3.05, 3.63) is 0 Å². The highest BCUT2D eigenvalue weighted by Crippen LogP contribution is 2.38. The van der Waals surface area contributed by atoms with Gasteiger partial charge in [-0.3, -0.25) is 4.79 Å². The van der Waals surface area contributed by atoms with Crippen LogP contribution in [0.3, 0.4) is 0 Å². The van der Waals surface area contributed by atoms with Crippen molar-refractivity contribution in [2.75, 3.05) is 0 Å². The normalized spacial score (nSPS) is 25.4. The van der Waals surface area contributed by atoms with Crippen LogP contribution in [0.2, 0.25) is 0 Å². The lowest BCUT2D eigenvalue weighted by Gasteiger charge is -2.41. The Hall–Kier alpha value is -0.970. The Morgan fingerprint density at radius 3 is 2.75 bits per heavy atom. The van der Waals surface area contributed by atoms with E-state index >= 15 is 0 Å². The number of hydrogen-bond donors (Lipinski definition) is 0. The van der Waals surface area contributed by atoms with Crippen LogP contribution >= 0.6 is 0 Å². The van der Waals surface area contributed by atoms with E-state index in [1.807, 2.05) is 13.8 Å².